The summed E-state index contributed by atoms with van der Waals surface area (Å²) in [4.78, 5) is 2.68. The van der Waals surface area contributed by atoms with E-state index in [4.69, 9.17) is 0 Å². The summed E-state index contributed by atoms with van der Waals surface area (Å²) in [6.07, 6.45) is 7.31. The highest BCUT2D eigenvalue weighted by atomic mass is 79.9. The second-order valence-electron chi connectivity index (χ2n) is 4.70. The van der Waals surface area contributed by atoms with Crippen LogP contribution in [0.3, 0.4) is 0 Å². The van der Waals surface area contributed by atoms with Crippen LogP contribution >= 0.6 is 15.9 Å². The Bertz CT molecular complexity index is 148. The smallest absolute Gasteiger partial charge is 0.00606 e. The van der Waals surface area contributed by atoms with Crippen molar-refractivity contribution < 1.29 is 0 Å². The van der Waals surface area contributed by atoms with E-state index >= 15 is 0 Å². The summed E-state index contributed by atoms with van der Waals surface area (Å²) < 4.78 is 0. The van der Waals surface area contributed by atoms with Gasteiger partial charge in [0.1, 0.15) is 0 Å². The third-order valence-corrected chi connectivity index (χ3v) is 4.58. The van der Waals surface area contributed by atoms with Crippen molar-refractivity contribution >= 4 is 15.9 Å². The van der Waals surface area contributed by atoms with Gasteiger partial charge in [-0.2, -0.15) is 0 Å². The Hall–Kier alpha value is 0.440. The largest absolute Gasteiger partial charge is 0.303 e. The average Bonchev–Trinajstić information content (AvgIpc) is 2.12. The molecule has 0 amide bonds. The Balaban J connectivity index is 1.65. The first-order chi connectivity index (χ1) is 6.38. The summed E-state index contributed by atoms with van der Waals surface area (Å²) in [7, 11) is 0. The molecule has 1 nitrogen and oxygen atoms in total. The summed E-state index contributed by atoms with van der Waals surface area (Å²) >= 11 is 3.59. The van der Waals surface area contributed by atoms with Crippen molar-refractivity contribution in [2.24, 2.45) is 11.8 Å². The van der Waals surface area contributed by atoms with E-state index in [-0.39, 0.29) is 0 Å². The zero-order chi connectivity index (χ0) is 9.10. The highest BCUT2D eigenvalue weighted by molar-refractivity contribution is 9.09. The monoisotopic (exact) mass is 245 g/mol. The van der Waals surface area contributed by atoms with Gasteiger partial charge in [0.15, 0.2) is 0 Å². The molecule has 1 aliphatic carbocycles. The average molecular weight is 246 g/mol. The molecule has 0 aromatic carbocycles. The summed E-state index contributed by atoms with van der Waals surface area (Å²) in [5, 5.41) is 1.21. The van der Waals surface area contributed by atoms with Crippen molar-refractivity contribution in [3.8, 4) is 0 Å². The van der Waals surface area contributed by atoms with E-state index in [1.807, 2.05) is 0 Å². The summed E-state index contributed by atoms with van der Waals surface area (Å²) in [5.74, 6) is 2.01. The highest BCUT2D eigenvalue weighted by Gasteiger charge is 2.23. The van der Waals surface area contributed by atoms with Crippen LogP contribution in [0, 0.1) is 11.8 Å². The molecule has 0 atom stereocenters. The van der Waals surface area contributed by atoms with E-state index < -0.39 is 0 Å². The lowest BCUT2D eigenvalue weighted by Crippen LogP contribution is -2.38. The second-order valence-corrected chi connectivity index (χ2v) is 5.34. The van der Waals surface area contributed by atoms with Gasteiger partial charge in [0.25, 0.3) is 0 Å². The van der Waals surface area contributed by atoms with Gasteiger partial charge in [0.2, 0.25) is 0 Å². The van der Waals surface area contributed by atoms with Gasteiger partial charge in [-0.05, 0) is 50.6 Å². The van der Waals surface area contributed by atoms with Gasteiger partial charge < -0.3 is 4.90 Å². The van der Waals surface area contributed by atoms with Crippen LogP contribution < -0.4 is 0 Å². The number of piperidine rings is 1. The van der Waals surface area contributed by atoms with E-state index in [2.05, 4.69) is 20.8 Å². The fourth-order valence-corrected chi connectivity index (χ4v) is 3.01. The number of hydrogen-bond acceptors (Lipinski definition) is 1. The minimum atomic E-state index is 0.956. The maximum absolute atomic E-state index is 3.59. The number of halogens is 1. The molecule has 2 aliphatic rings. The molecule has 0 bridgehead atoms. The SMILES string of the molecule is BrCC1CCN(CC2CCC2)CC1. The Morgan fingerprint density at radius 1 is 1.00 bits per heavy atom. The molecule has 1 heterocycles. The van der Waals surface area contributed by atoms with Gasteiger partial charge >= 0.3 is 0 Å². The van der Waals surface area contributed by atoms with Crippen LogP contribution in [-0.4, -0.2) is 29.9 Å². The van der Waals surface area contributed by atoms with Gasteiger partial charge in [0.05, 0.1) is 0 Å². The van der Waals surface area contributed by atoms with Crippen molar-refractivity contribution in [2.45, 2.75) is 32.1 Å². The predicted octanol–water partition coefficient (Wildman–Crippen LogP) is 2.89. The lowest BCUT2D eigenvalue weighted by molar-refractivity contribution is 0.137. The topological polar surface area (TPSA) is 3.24 Å². The molecule has 2 rings (SSSR count). The van der Waals surface area contributed by atoms with Gasteiger partial charge in [0, 0.05) is 11.9 Å². The predicted molar refractivity (Wildman–Crippen MR) is 60.3 cm³/mol. The van der Waals surface area contributed by atoms with Crippen molar-refractivity contribution in [2.75, 3.05) is 25.0 Å². The van der Waals surface area contributed by atoms with Crippen LogP contribution in [0.15, 0.2) is 0 Å². The van der Waals surface area contributed by atoms with Crippen molar-refractivity contribution in [3.63, 3.8) is 0 Å². The number of likely N-dealkylation sites (tertiary alicyclic amines) is 1. The van der Waals surface area contributed by atoms with Crippen LogP contribution in [0.1, 0.15) is 32.1 Å². The third kappa shape index (κ3) is 2.69. The molecule has 0 aromatic rings. The first kappa shape index (κ1) is 9.97. The summed E-state index contributed by atoms with van der Waals surface area (Å²) in [6, 6.07) is 0. The maximum atomic E-state index is 3.59. The molecule has 1 saturated carbocycles. The Morgan fingerprint density at radius 3 is 2.15 bits per heavy atom. The maximum Gasteiger partial charge on any atom is 0.00606 e. The quantitative estimate of drug-likeness (QED) is 0.692. The number of nitrogens with zero attached hydrogens (tertiary/aromatic N) is 1. The molecule has 1 saturated heterocycles. The third-order valence-electron chi connectivity index (χ3n) is 3.67. The molecule has 13 heavy (non-hydrogen) atoms. The standard InChI is InChI=1S/C11H20BrN/c12-8-10-4-6-13(7-5-10)9-11-2-1-3-11/h10-11H,1-9H2. The van der Waals surface area contributed by atoms with Crippen molar-refractivity contribution in [1.29, 1.82) is 0 Å². The fourth-order valence-electron chi connectivity index (χ4n) is 2.36. The minimum Gasteiger partial charge on any atom is -0.303 e. The molecule has 2 heteroatoms. The summed E-state index contributed by atoms with van der Waals surface area (Å²) in [5.41, 5.74) is 0. The molecular formula is C11H20BrN. The summed E-state index contributed by atoms with van der Waals surface area (Å²) in [6.45, 7) is 4.11. The van der Waals surface area contributed by atoms with Crippen LogP contribution in [0.25, 0.3) is 0 Å². The molecule has 0 unspecified atom stereocenters. The molecule has 1 aliphatic heterocycles. The number of rotatable bonds is 3. The molecule has 2 fully saturated rings. The van der Waals surface area contributed by atoms with Crippen molar-refractivity contribution in [1.82, 2.24) is 4.90 Å². The Labute approximate surface area is 90.0 Å². The van der Waals surface area contributed by atoms with Crippen molar-refractivity contribution in [3.05, 3.63) is 0 Å². The van der Waals surface area contributed by atoms with E-state index in [1.54, 1.807) is 0 Å². The lowest BCUT2D eigenvalue weighted by atomic mass is 9.84. The molecule has 0 spiro atoms. The first-order valence-corrected chi connectivity index (χ1v) is 6.79. The van der Waals surface area contributed by atoms with E-state index in [1.165, 1.54) is 57.1 Å². The molecule has 0 aromatic heterocycles. The van der Waals surface area contributed by atoms with Crippen LogP contribution in [-0.2, 0) is 0 Å². The first-order valence-electron chi connectivity index (χ1n) is 5.67. The number of hydrogen-bond donors (Lipinski definition) is 0. The Morgan fingerprint density at radius 2 is 1.69 bits per heavy atom. The highest BCUT2D eigenvalue weighted by Crippen LogP contribution is 2.28. The molecule has 0 N–H and O–H groups in total. The van der Waals surface area contributed by atoms with Gasteiger partial charge in [-0.1, -0.05) is 22.4 Å². The van der Waals surface area contributed by atoms with Gasteiger partial charge in [-0.3, -0.25) is 0 Å². The van der Waals surface area contributed by atoms with Crippen LogP contribution in [0.2, 0.25) is 0 Å². The van der Waals surface area contributed by atoms with E-state index in [9.17, 15) is 0 Å². The number of alkyl halides is 1. The van der Waals surface area contributed by atoms with E-state index in [0.717, 1.165) is 11.8 Å². The lowest BCUT2D eigenvalue weighted by Gasteiger charge is -2.36. The molecule has 0 radical (unpaired) electrons. The molecular weight excluding hydrogens is 226 g/mol. The second kappa shape index (κ2) is 4.79. The normalized spacial score (nSPS) is 27.5. The zero-order valence-electron chi connectivity index (χ0n) is 8.34. The van der Waals surface area contributed by atoms with E-state index in [0.29, 0.717) is 0 Å². The zero-order valence-corrected chi connectivity index (χ0v) is 9.93. The Kier molecular flexibility index (Phi) is 3.67. The van der Waals surface area contributed by atoms with Crippen LogP contribution in [0.4, 0.5) is 0 Å². The fraction of sp³-hybridized carbons (Fsp3) is 1.00. The van der Waals surface area contributed by atoms with Crippen LogP contribution in [0.5, 0.6) is 0 Å². The minimum absolute atomic E-state index is 0.956. The molecule has 76 valence electrons. The van der Waals surface area contributed by atoms with Gasteiger partial charge in [-0.25, -0.2) is 0 Å². The van der Waals surface area contributed by atoms with Gasteiger partial charge in [-0.15, -0.1) is 0 Å².